The van der Waals surface area contributed by atoms with Crippen LogP contribution in [0.5, 0.6) is 0 Å². The zero-order valence-electron chi connectivity index (χ0n) is 16.0. The Morgan fingerprint density at radius 2 is 1.82 bits per heavy atom. The van der Waals surface area contributed by atoms with E-state index in [4.69, 9.17) is 0 Å². The van der Waals surface area contributed by atoms with Crippen molar-refractivity contribution < 1.29 is 9.90 Å². The SMILES string of the molecule is Cn1cc(C(NC(=O)Cc2ccc(-c3ccccc3)cc2)C2CC(O)C2)cn1. The molecule has 1 amide bonds. The van der Waals surface area contributed by atoms with E-state index in [0.717, 1.165) is 16.7 Å². The number of nitrogens with one attached hydrogen (secondary N) is 1. The fourth-order valence-electron chi connectivity index (χ4n) is 3.83. The second kappa shape index (κ2) is 7.98. The van der Waals surface area contributed by atoms with Crippen LogP contribution in [0.2, 0.25) is 0 Å². The highest BCUT2D eigenvalue weighted by Gasteiger charge is 2.36. The summed E-state index contributed by atoms with van der Waals surface area (Å²) < 4.78 is 1.74. The number of carbonyl (C=O) groups is 1. The minimum atomic E-state index is -0.258. The number of aromatic nitrogens is 2. The van der Waals surface area contributed by atoms with Gasteiger partial charge < -0.3 is 10.4 Å². The van der Waals surface area contributed by atoms with Crippen LogP contribution in [0.3, 0.4) is 0 Å². The van der Waals surface area contributed by atoms with Crippen molar-refractivity contribution in [2.75, 3.05) is 0 Å². The quantitative estimate of drug-likeness (QED) is 0.695. The third kappa shape index (κ3) is 4.15. The summed E-state index contributed by atoms with van der Waals surface area (Å²) in [6, 6.07) is 18.2. The van der Waals surface area contributed by atoms with Gasteiger partial charge >= 0.3 is 0 Å². The Balaban J connectivity index is 1.42. The monoisotopic (exact) mass is 375 g/mol. The maximum atomic E-state index is 12.7. The smallest absolute Gasteiger partial charge is 0.224 e. The van der Waals surface area contributed by atoms with E-state index in [0.29, 0.717) is 19.3 Å². The topological polar surface area (TPSA) is 67.2 Å². The third-order valence-corrected chi connectivity index (χ3v) is 5.45. The fraction of sp³-hybridized carbons (Fsp3) is 0.304. The molecule has 1 aliphatic rings. The van der Waals surface area contributed by atoms with E-state index >= 15 is 0 Å². The molecule has 1 heterocycles. The second-order valence-electron chi connectivity index (χ2n) is 7.62. The molecule has 1 unspecified atom stereocenters. The first-order valence-electron chi connectivity index (χ1n) is 9.69. The maximum absolute atomic E-state index is 12.7. The lowest BCUT2D eigenvalue weighted by Gasteiger charge is -2.37. The van der Waals surface area contributed by atoms with E-state index in [1.54, 1.807) is 10.9 Å². The third-order valence-electron chi connectivity index (χ3n) is 5.45. The highest BCUT2D eigenvalue weighted by atomic mass is 16.3. The van der Waals surface area contributed by atoms with Crippen molar-refractivity contribution in [2.24, 2.45) is 13.0 Å². The molecule has 1 fully saturated rings. The van der Waals surface area contributed by atoms with Crippen LogP contribution < -0.4 is 5.32 Å². The number of nitrogens with zero attached hydrogens (tertiary/aromatic N) is 2. The number of aliphatic hydroxyl groups excluding tert-OH is 1. The van der Waals surface area contributed by atoms with Gasteiger partial charge in [-0.25, -0.2) is 0 Å². The molecule has 2 aromatic carbocycles. The molecule has 0 spiro atoms. The predicted octanol–water partition coefficient (Wildman–Crippen LogP) is 3.26. The molecule has 5 heteroatoms. The molecule has 1 atom stereocenters. The number of hydrogen-bond acceptors (Lipinski definition) is 3. The standard InChI is InChI=1S/C23H25N3O2/c1-26-15-20(14-24-26)23(19-12-21(27)13-19)25-22(28)11-16-7-9-18(10-8-16)17-5-3-2-4-6-17/h2-10,14-15,19,21,23,27H,11-13H2,1H3,(H,25,28). The zero-order chi connectivity index (χ0) is 19.5. The van der Waals surface area contributed by atoms with Gasteiger partial charge in [0.25, 0.3) is 0 Å². The Labute approximate surface area is 165 Å². The lowest BCUT2D eigenvalue weighted by atomic mass is 9.75. The Morgan fingerprint density at radius 3 is 2.43 bits per heavy atom. The molecule has 0 radical (unpaired) electrons. The van der Waals surface area contributed by atoms with Gasteiger partial charge in [-0.15, -0.1) is 0 Å². The average Bonchev–Trinajstić information content (AvgIpc) is 3.11. The fourth-order valence-corrected chi connectivity index (χ4v) is 3.83. The Bertz CT molecular complexity index is 928. The first-order chi connectivity index (χ1) is 13.6. The summed E-state index contributed by atoms with van der Waals surface area (Å²) in [5, 5.41) is 17.1. The van der Waals surface area contributed by atoms with Crippen molar-refractivity contribution in [1.29, 1.82) is 0 Å². The summed E-state index contributed by atoms with van der Waals surface area (Å²) in [5.74, 6) is 0.242. The normalized spacial score (nSPS) is 19.6. The predicted molar refractivity (Wildman–Crippen MR) is 108 cm³/mol. The summed E-state index contributed by atoms with van der Waals surface area (Å²) in [6.45, 7) is 0. The van der Waals surface area contributed by atoms with Crippen molar-refractivity contribution >= 4 is 5.91 Å². The maximum Gasteiger partial charge on any atom is 0.224 e. The first-order valence-corrected chi connectivity index (χ1v) is 9.69. The van der Waals surface area contributed by atoms with Crippen LogP contribution in [-0.2, 0) is 18.3 Å². The number of hydrogen-bond donors (Lipinski definition) is 2. The van der Waals surface area contributed by atoms with Crippen molar-refractivity contribution in [3.05, 3.63) is 78.1 Å². The molecule has 1 aliphatic carbocycles. The largest absolute Gasteiger partial charge is 0.393 e. The minimum Gasteiger partial charge on any atom is -0.393 e. The lowest BCUT2D eigenvalue weighted by molar-refractivity contribution is -0.122. The van der Waals surface area contributed by atoms with Crippen molar-refractivity contribution in [3.63, 3.8) is 0 Å². The number of rotatable bonds is 6. The van der Waals surface area contributed by atoms with Gasteiger partial charge in [-0.3, -0.25) is 9.48 Å². The zero-order valence-corrected chi connectivity index (χ0v) is 16.0. The molecule has 1 aromatic heterocycles. The minimum absolute atomic E-state index is 0.0114. The van der Waals surface area contributed by atoms with E-state index < -0.39 is 0 Å². The molecule has 5 nitrogen and oxygen atoms in total. The van der Waals surface area contributed by atoms with Crippen LogP contribution >= 0.6 is 0 Å². The average molecular weight is 375 g/mol. The summed E-state index contributed by atoms with van der Waals surface area (Å²) in [7, 11) is 1.87. The van der Waals surface area contributed by atoms with Gasteiger partial charge in [0.2, 0.25) is 5.91 Å². The van der Waals surface area contributed by atoms with Gasteiger partial charge in [0, 0.05) is 18.8 Å². The van der Waals surface area contributed by atoms with Crippen LogP contribution in [0.15, 0.2) is 67.0 Å². The van der Waals surface area contributed by atoms with Gasteiger partial charge in [-0.2, -0.15) is 5.10 Å². The molecule has 144 valence electrons. The van der Waals surface area contributed by atoms with Crippen LogP contribution in [0.4, 0.5) is 0 Å². The highest BCUT2D eigenvalue weighted by Crippen LogP contribution is 2.38. The van der Waals surface area contributed by atoms with E-state index in [2.05, 4.69) is 34.7 Å². The number of carbonyl (C=O) groups excluding carboxylic acids is 1. The van der Waals surface area contributed by atoms with Crippen molar-refractivity contribution in [3.8, 4) is 11.1 Å². The van der Waals surface area contributed by atoms with E-state index in [1.807, 2.05) is 43.6 Å². The molecule has 1 saturated carbocycles. The Morgan fingerprint density at radius 1 is 1.14 bits per heavy atom. The number of aliphatic hydroxyl groups is 1. The van der Waals surface area contributed by atoms with Crippen LogP contribution in [-0.4, -0.2) is 26.9 Å². The summed E-state index contributed by atoms with van der Waals surface area (Å²) in [6.07, 6.45) is 5.24. The van der Waals surface area contributed by atoms with Gasteiger partial charge in [-0.1, -0.05) is 54.6 Å². The molecule has 28 heavy (non-hydrogen) atoms. The molecule has 4 rings (SSSR count). The second-order valence-corrected chi connectivity index (χ2v) is 7.62. The van der Waals surface area contributed by atoms with E-state index in [9.17, 15) is 9.90 Å². The molecular formula is C23H25N3O2. The van der Waals surface area contributed by atoms with E-state index in [1.165, 1.54) is 5.56 Å². The van der Waals surface area contributed by atoms with Gasteiger partial charge in [0.15, 0.2) is 0 Å². The van der Waals surface area contributed by atoms with Crippen molar-refractivity contribution in [2.45, 2.75) is 31.4 Å². The van der Waals surface area contributed by atoms with Crippen LogP contribution in [0, 0.1) is 5.92 Å². The molecule has 0 aliphatic heterocycles. The molecule has 0 bridgehead atoms. The lowest BCUT2D eigenvalue weighted by Crippen LogP contribution is -2.41. The molecule has 0 saturated heterocycles. The first kappa shape index (κ1) is 18.4. The number of benzene rings is 2. The van der Waals surface area contributed by atoms with Crippen molar-refractivity contribution in [1.82, 2.24) is 15.1 Å². The molecule has 3 aromatic rings. The van der Waals surface area contributed by atoms with Crippen LogP contribution in [0.25, 0.3) is 11.1 Å². The number of amides is 1. The Hall–Kier alpha value is -2.92. The van der Waals surface area contributed by atoms with Crippen LogP contribution in [0.1, 0.15) is 30.0 Å². The Kier molecular flexibility index (Phi) is 5.26. The molecule has 2 N–H and O–H groups in total. The summed E-state index contributed by atoms with van der Waals surface area (Å²) in [4.78, 5) is 12.7. The van der Waals surface area contributed by atoms with Gasteiger partial charge in [0.05, 0.1) is 24.8 Å². The molecular weight excluding hydrogens is 350 g/mol. The van der Waals surface area contributed by atoms with Gasteiger partial charge in [-0.05, 0) is 35.4 Å². The summed E-state index contributed by atoms with van der Waals surface area (Å²) >= 11 is 0. The number of aryl methyl sites for hydroxylation is 1. The highest BCUT2D eigenvalue weighted by molar-refractivity contribution is 5.79. The van der Waals surface area contributed by atoms with E-state index in [-0.39, 0.29) is 24.0 Å². The summed E-state index contributed by atoms with van der Waals surface area (Å²) in [5.41, 5.74) is 4.28. The van der Waals surface area contributed by atoms with Gasteiger partial charge in [0.1, 0.15) is 0 Å².